The lowest BCUT2D eigenvalue weighted by Gasteiger charge is -2.14. The molecule has 6 nitrogen and oxygen atoms in total. The lowest BCUT2D eigenvalue weighted by molar-refractivity contribution is -0.120. The van der Waals surface area contributed by atoms with Gasteiger partial charge in [0.1, 0.15) is 17.4 Å². The van der Waals surface area contributed by atoms with Crippen LogP contribution in [0.1, 0.15) is 31.4 Å². The smallest absolute Gasteiger partial charge is 0.240 e. The summed E-state index contributed by atoms with van der Waals surface area (Å²) in [6.45, 7) is 6.31. The Morgan fingerprint density at radius 1 is 1.56 bits per heavy atom. The van der Waals surface area contributed by atoms with E-state index in [9.17, 15) is 4.79 Å². The number of halogens is 1. The highest BCUT2D eigenvalue weighted by Gasteiger charge is 2.23. The third-order valence-corrected chi connectivity index (χ3v) is 3.27. The Balaban J connectivity index is 2.78. The quantitative estimate of drug-likeness (QED) is 0.851. The zero-order valence-corrected chi connectivity index (χ0v) is 11.4. The first-order chi connectivity index (χ1) is 8.51. The number of carbonyl (C=O) groups excluding carboxylic acids is 1. The fraction of sp³-hybridized carbons (Fsp3) is 0.545. The van der Waals surface area contributed by atoms with Gasteiger partial charge in [0.05, 0.1) is 11.6 Å². The third-order valence-electron chi connectivity index (χ3n) is 3.03. The van der Waals surface area contributed by atoms with Crippen LogP contribution in [-0.2, 0) is 17.2 Å². The maximum Gasteiger partial charge on any atom is 0.240 e. The molecule has 0 fully saturated rings. The van der Waals surface area contributed by atoms with Crippen LogP contribution in [0.4, 0.5) is 0 Å². The third kappa shape index (κ3) is 1.77. The molecule has 7 heteroatoms. The van der Waals surface area contributed by atoms with Crippen molar-refractivity contribution in [2.45, 2.75) is 39.2 Å². The van der Waals surface area contributed by atoms with E-state index in [-0.39, 0.29) is 5.88 Å². The van der Waals surface area contributed by atoms with Crippen LogP contribution in [0.2, 0.25) is 0 Å². The van der Waals surface area contributed by atoms with Crippen molar-refractivity contribution in [3.8, 4) is 0 Å². The molecule has 2 aromatic rings. The molecule has 0 radical (unpaired) electrons. The van der Waals surface area contributed by atoms with Gasteiger partial charge in [-0.05, 0) is 20.8 Å². The predicted octanol–water partition coefficient (Wildman–Crippen LogP) is 1.35. The summed E-state index contributed by atoms with van der Waals surface area (Å²) in [5, 5.41) is 4.38. The van der Waals surface area contributed by atoms with E-state index in [0.29, 0.717) is 12.4 Å². The van der Waals surface area contributed by atoms with Gasteiger partial charge in [0, 0.05) is 6.54 Å². The van der Waals surface area contributed by atoms with Crippen LogP contribution < -0.4 is 5.73 Å². The average molecular weight is 270 g/mol. The van der Waals surface area contributed by atoms with Gasteiger partial charge in [0.15, 0.2) is 5.65 Å². The van der Waals surface area contributed by atoms with E-state index in [0.717, 1.165) is 16.9 Å². The van der Waals surface area contributed by atoms with E-state index in [4.69, 9.17) is 17.3 Å². The van der Waals surface area contributed by atoms with Crippen LogP contribution in [0.25, 0.3) is 11.2 Å². The van der Waals surface area contributed by atoms with E-state index in [1.54, 1.807) is 11.5 Å². The fourth-order valence-corrected chi connectivity index (χ4v) is 2.27. The van der Waals surface area contributed by atoms with Gasteiger partial charge in [-0.15, -0.1) is 11.6 Å². The molecular weight excluding hydrogens is 254 g/mol. The second-order valence-electron chi connectivity index (χ2n) is 4.18. The molecule has 18 heavy (non-hydrogen) atoms. The first-order valence-corrected chi connectivity index (χ1v) is 6.34. The number of alkyl halides is 1. The number of aromatic nitrogens is 4. The zero-order chi connectivity index (χ0) is 13.4. The molecule has 0 aliphatic rings. The molecule has 0 saturated carbocycles. The molecule has 0 saturated heterocycles. The maximum atomic E-state index is 11.4. The topological polar surface area (TPSA) is 78.7 Å². The first kappa shape index (κ1) is 12.9. The number of fused-ring (bicyclic) bond motifs is 1. The van der Waals surface area contributed by atoms with Crippen LogP contribution in [0, 0.1) is 6.92 Å². The fourth-order valence-electron chi connectivity index (χ4n) is 2.08. The van der Waals surface area contributed by atoms with Gasteiger partial charge < -0.3 is 5.73 Å². The van der Waals surface area contributed by atoms with Crippen molar-refractivity contribution in [1.29, 1.82) is 0 Å². The van der Waals surface area contributed by atoms with E-state index in [1.807, 2.05) is 18.5 Å². The molecule has 0 bridgehead atoms. The molecule has 0 aliphatic carbocycles. The number of aryl methyl sites for hydroxylation is 2. The van der Waals surface area contributed by atoms with Crippen molar-refractivity contribution in [2.24, 2.45) is 5.73 Å². The summed E-state index contributed by atoms with van der Waals surface area (Å²) in [6.07, 6.45) is 0. The van der Waals surface area contributed by atoms with Gasteiger partial charge in [-0.1, -0.05) is 0 Å². The highest BCUT2D eigenvalue weighted by atomic mass is 35.5. The van der Waals surface area contributed by atoms with Crippen LogP contribution >= 0.6 is 11.6 Å². The second-order valence-corrected chi connectivity index (χ2v) is 4.45. The number of nitrogens with two attached hydrogens (primary N) is 1. The minimum absolute atomic E-state index is 0.232. The Morgan fingerprint density at radius 3 is 2.72 bits per heavy atom. The monoisotopic (exact) mass is 269 g/mol. The maximum absolute atomic E-state index is 11.4. The molecule has 0 spiro atoms. The van der Waals surface area contributed by atoms with Crippen molar-refractivity contribution in [2.75, 3.05) is 0 Å². The summed E-state index contributed by atoms with van der Waals surface area (Å²) in [5.41, 5.74) is 7.79. The summed E-state index contributed by atoms with van der Waals surface area (Å²) in [4.78, 5) is 15.9. The van der Waals surface area contributed by atoms with Gasteiger partial charge in [-0.25, -0.2) is 9.67 Å². The molecular formula is C11H16ClN5O. The highest BCUT2D eigenvalue weighted by Crippen LogP contribution is 2.24. The number of rotatable bonds is 4. The zero-order valence-electron chi connectivity index (χ0n) is 10.6. The van der Waals surface area contributed by atoms with Gasteiger partial charge in [0.2, 0.25) is 5.91 Å². The Bertz CT molecular complexity index is 600. The number of hydrogen-bond acceptors (Lipinski definition) is 3. The number of hydrogen-bond donors (Lipinski definition) is 1. The van der Waals surface area contributed by atoms with E-state index in [1.165, 1.54) is 0 Å². The van der Waals surface area contributed by atoms with Gasteiger partial charge in [-0.2, -0.15) is 5.10 Å². The predicted molar refractivity (Wildman–Crippen MR) is 69.4 cm³/mol. The largest absolute Gasteiger partial charge is 0.368 e. The molecule has 2 heterocycles. The molecule has 1 unspecified atom stereocenters. The molecule has 0 aliphatic heterocycles. The summed E-state index contributed by atoms with van der Waals surface area (Å²) in [7, 11) is 0. The molecule has 1 atom stereocenters. The summed E-state index contributed by atoms with van der Waals surface area (Å²) >= 11 is 5.89. The minimum Gasteiger partial charge on any atom is -0.368 e. The summed E-state index contributed by atoms with van der Waals surface area (Å²) < 4.78 is 3.58. The second kappa shape index (κ2) is 4.61. The minimum atomic E-state index is -0.495. The highest BCUT2D eigenvalue weighted by molar-refractivity contribution is 6.16. The van der Waals surface area contributed by atoms with Crippen LogP contribution in [0.3, 0.4) is 0 Å². The first-order valence-electron chi connectivity index (χ1n) is 5.80. The van der Waals surface area contributed by atoms with E-state index < -0.39 is 11.9 Å². The number of imidazole rings is 1. The Labute approximate surface area is 110 Å². The van der Waals surface area contributed by atoms with E-state index in [2.05, 4.69) is 10.1 Å². The number of carbonyl (C=O) groups is 1. The van der Waals surface area contributed by atoms with Crippen LogP contribution in [0.15, 0.2) is 0 Å². The Morgan fingerprint density at radius 2 is 2.22 bits per heavy atom. The van der Waals surface area contributed by atoms with E-state index >= 15 is 0 Å². The Kier molecular flexibility index (Phi) is 3.30. The molecule has 2 aromatic heterocycles. The van der Waals surface area contributed by atoms with Crippen LogP contribution in [0.5, 0.6) is 0 Å². The Hall–Kier alpha value is -1.56. The number of nitrogens with zero attached hydrogens (tertiary/aromatic N) is 4. The molecule has 2 rings (SSSR count). The van der Waals surface area contributed by atoms with Crippen molar-refractivity contribution in [3.05, 3.63) is 11.5 Å². The number of amides is 1. The number of primary amides is 1. The van der Waals surface area contributed by atoms with Crippen molar-refractivity contribution in [3.63, 3.8) is 0 Å². The van der Waals surface area contributed by atoms with Crippen molar-refractivity contribution in [1.82, 2.24) is 19.3 Å². The molecule has 2 N–H and O–H groups in total. The summed E-state index contributed by atoms with van der Waals surface area (Å²) in [6, 6.07) is -0.495. The van der Waals surface area contributed by atoms with Gasteiger partial charge in [-0.3, -0.25) is 9.36 Å². The SMILES string of the molecule is CCn1nc(C)c2nc(CCl)n(C(C)C(N)=O)c21. The standard InChI is InChI=1S/C11H16ClN5O/c1-4-16-11-9(6(2)15-16)14-8(5-12)17(11)7(3)10(13)18/h7H,4-5H2,1-3H3,(H2,13,18). The molecule has 1 amide bonds. The molecule has 98 valence electrons. The lowest BCUT2D eigenvalue weighted by Crippen LogP contribution is -2.26. The van der Waals surface area contributed by atoms with Crippen molar-refractivity contribution >= 4 is 28.7 Å². The lowest BCUT2D eigenvalue weighted by atomic mass is 10.3. The molecule has 0 aromatic carbocycles. The van der Waals surface area contributed by atoms with Crippen molar-refractivity contribution < 1.29 is 4.79 Å². The summed E-state index contributed by atoms with van der Waals surface area (Å²) in [5.74, 6) is 0.456. The normalized spacial score (nSPS) is 13.1. The van der Waals surface area contributed by atoms with Crippen LogP contribution in [-0.4, -0.2) is 25.2 Å². The van der Waals surface area contributed by atoms with Gasteiger partial charge >= 0.3 is 0 Å². The average Bonchev–Trinajstić information content (AvgIpc) is 2.86. The van der Waals surface area contributed by atoms with Gasteiger partial charge in [0.25, 0.3) is 0 Å².